The lowest BCUT2D eigenvalue weighted by atomic mass is 10.1. The van der Waals surface area contributed by atoms with Crippen LogP contribution in [0.3, 0.4) is 0 Å². The first-order valence-corrected chi connectivity index (χ1v) is 12.7. The summed E-state index contributed by atoms with van der Waals surface area (Å²) in [4.78, 5) is 14.1. The maximum Gasteiger partial charge on any atom is 0.272 e. The number of nitrogens with zero attached hydrogens (tertiary/aromatic N) is 1. The highest BCUT2D eigenvalue weighted by Crippen LogP contribution is 2.48. The molecule has 1 atom stereocenters. The van der Waals surface area contributed by atoms with Gasteiger partial charge in [0, 0.05) is 22.9 Å². The van der Waals surface area contributed by atoms with Crippen molar-refractivity contribution in [1.29, 1.82) is 0 Å². The molecule has 1 heterocycles. The lowest BCUT2D eigenvalue weighted by Crippen LogP contribution is -2.37. The Kier molecular flexibility index (Phi) is 6.68. The Hall–Kier alpha value is -3.02. The number of hydrogen-bond acceptors (Lipinski definition) is 5. The molecule has 32 heavy (non-hydrogen) atoms. The second kappa shape index (κ2) is 9.63. The van der Waals surface area contributed by atoms with Crippen molar-refractivity contribution in [2.75, 3.05) is 12.1 Å². The summed E-state index contributed by atoms with van der Waals surface area (Å²) in [6, 6.07) is 27.7. The predicted octanol–water partition coefficient (Wildman–Crippen LogP) is 5.69. The number of carbonyl (C=O) groups is 1. The highest BCUT2D eigenvalue weighted by molar-refractivity contribution is 7.66. The summed E-state index contributed by atoms with van der Waals surface area (Å²) in [5, 5.41) is 3.83. The number of benzene rings is 3. The van der Waals surface area contributed by atoms with Gasteiger partial charge in [-0.05, 0) is 59.0 Å². The normalized spacial score (nSPS) is 12.8. The van der Waals surface area contributed by atoms with Crippen molar-refractivity contribution in [3.8, 4) is 10.4 Å². The van der Waals surface area contributed by atoms with E-state index in [2.05, 4.69) is 0 Å². The fraction of sp³-hybridized carbons (Fsp3) is 0.0800. The first kappa shape index (κ1) is 22.2. The molecular weight excluding hydrogens is 439 g/mol. The van der Waals surface area contributed by atoms with Crippen molar-refractivity contribution in [2.24, 2.45) is 5.84 Å². The van der Waals surface area contributed by atoms with Crippen LogP contribution >= 0.6 is 18.7 Å². The maximum absolute atomic E-state index is 13.3. The lowest BCUT2D eigenvalue weighted by molar-refractivity contribution is 0.0987. The molecular formula is C25H23N2O3PS. The smallest absolute Gasteiger partial charge is 0.272 e. The van der Waals surface area contributed by atoms with Crippen LogP contribution in [0.1, 0.15) is 15.9 Å². The van der Waals surface area contributed by atoms with Gasteiger partial charge in [0.25, 0.3) is 5.91 Å². The molecule has 2 N–H and O–H groups in total. The van der Waals surface area contributed by atoms with Gasteiger partial charge >= 0.3 is 0 Å². The molecule has 0 radical (unpaired) electrons. The van der Waals surface area contributed by atoms with E-state index in [1.165, 1.54) is 7.11 Å². The van der Waals surface area contributed by atoms with E-state index in [4.69, 9.17) is 10.4 Å². The molecule has 0 bridgehead atoms. The Morgan fingerprint density at radius 3 is 2.38 bits per heavy atom. The van der Waals surface area contributed by atoms with E-state index in [9.17, 15) is 9.36 Å². The zero-order chi connectivity index (χ0) is 22.6. The van der Waals surface area contributed by atoms with Gasteiger partial charge in [-0.1, -0.05) is 48.5 Å². The Morgan fingerprint density at radius 2 is 1.72 bits per heavy atom. The van der Waals surface area contributed by atoms with Crippen molar-refractivity contribution in [2.45, 2.75) is 6.16 Å². The number of amides is 1. The summed E-state index contributed by atoms with van der Waals surface area (Å²) in [5.41, 5.74) is 2.88. The third kappa shape index (κ3) is 4.74. The Morgan fingerprint density at radius 1 is 0.969 bits per heavy atom. The van der Waals surface area contributed by atoms with Crippen LogP contribution in [0, 0.1) is 0 Å². The first-order valence-electron chi connectivity index (χ1n) is 10.0. The van der Waals surface area contributed by atoms with Crippen molar-refractivity contribution < 1.29 is 13.9 Å². The van der Waals surface area contributed by atoms with Gasteiger partial charge in [0.2, 0.25) is 7.37 Å². The van der Waals surface area contributed by atoms with Crippen LogP contribution in [0.15, 0.2) is 96.4 Å². The van der Waals surface area contributed by atoms with E-state index >= 15 is 0 Å². The molecule has 0 saturated heterocycles. The van der Waals surface area contributed by atoms with Crippen molar-refractivity contribution in [3.63, 3.8) is 0 Å². The van der Waals surface area contributed by atoms with Gasteiger partial charge in [-0.25, -0.2) is 10.9 Å². The average molecular weight is 463 g/mol. The Labute approximate surface area is 191 Å². The van der Waals surface area contributed by atoms with E-state index in [1.54, 1.807) is 53.8 Å². The molecule has 162 valence electrons. The van der Waals surface area contributed by atoms with E-state index in [0.29, 0.717) is 16.6 Å². The Balaban J connectivity index is 1.51. The molecule has 3 aromatic carbocycles. The third-order valence-electron chi connectivity index (χ3n) is 5.18. The second-order valence-corrected chi connectivity index (χ2v) is 10.7. The molecule has 4 rings (SSSR count). The second-order valence-electron chi connectivity index (χ2n) is 7.25. The molecule has 1 amide bonds. The molecule has 1 unspecified atom stereocenters. The number of hydrazine groups is 1. The van der Waals surface area contributed by atoms with Gasteiger partial charge in [-0.15, -0.1) is 11.3 Å². The zero-order valence-corrected chi connectivity index (χ0v) is 19.3. The molecule has 0 fully saturated rings. The van der Waals surface area contributed by atoms with Crippen molar-refractivity contribution in [3.05, 3.63) is 108 Å². The van der Waals surface area contributed by atoms with E-state index < -0.39 is 7.37 Å². The topological polar surface area (TPSA) is 72.6 Å². The quantitative estimate of drug-likeness (QED) is 0.166. The Bertz CT molecular complexity index is 1240. The van der Waals surface area contributed by atoms with E-state index in [1.807, 2.05) is 53.9 Å². The summed E-state index contributed by atoms with van der Waals surface area (Å²) < 4.78 is 18.7. The van der Waals surface area contributed by atoms with Gasteiger partial charge in [-0.2, -0.15) is 0 Å². The van der Waals surface area contributed by atoms with Gasteiger partial charge in [0.1, 0.15) is 0 Å². The summed E-state index contributed by atoms with van der Waals surface area (Å²) in [6.07, 6.45) is 0.247. The molecule has 0 saturated carbocycles. The fourth-order valence-corrected chi connectivity index (χ4v) is 5.98. The van der Waals surface area contributed by atoms with Crippen LogP contribution in [0.5, 0.6) is 0 Å². The molecule has 5 nitrogen and oxygen atoms in total. The predicted molar refractivity (Wildman–Crippen MR) is 132 cm³/mol. The molecule has 4 aromatic rings. The number of thiophene rings is 1. The SMILES string of the molecule is COP(=O)(Cc1ccc(C(=O)N(N)c2cccc(-c3cccs3)c2)cc1)c1ccccc1. The van der Waals surface area contributed by atoms with Gasteiger partial charge in [-0.3, -0.25) is 9.36 Å². The summed E-state index contributed by atoms with van der Waals surface area (Å²) in [6.45, 7) is 0. The first-order chi connectivity index (χ1) is 15.5. The van der Waals surface area contributed by atoms with Crippen molar-refractivity contribution >= 4 is 35.6 Å². The third-order valence-corrected chi connectivity index (χ3v) is 8.56. The van der Waals surface area contributed by atoms with Crippen LogP contribution in [-0.4, -0.2) is 13.0 Å². The molecule has 0 aliphatic heterocycles. The van der Waals surface area contributed by atoms with Gasteiger partial charge in [0.15, 0.2) is 0 Å². The molecule has 1 aromatic heterocycles. The number of anilines is 1. The van der Waals surface area contributed by atoms with E-state index in [-0.39, 0.29) is 12.1 Å². The van der Waals surface area contributed by atoms with Crippen LogP contribution in [0.2, 0.25) is 0 Å². The van der Waals surface area contributed by atoms with Crippen LogP contribution in [0.4, 0.5) is 5.69 Å². The summed E-state index contributed by atoms with van der Waals surface area (Å²) in [5.74, 6) is 5.83. The lowest BCUT2D eigenvalue weighted by Gasteiger charge is -2.19. The van der Waals surface area contributed by atoms with Crippen molar-refractivity contribution in [1.82, 2.24) is 0 Å². The molecule has 0 spiro atoms. The summed E-state index contributed by atoms with van der Waals surface area (Å²) in [7, 11) is -1.57. The molecule has 0 aliphatic carbocycles. The van der Waals surface area contributed by atoms with E-state index in [0.717, 1.165) is 21.0 Å². The average Bonchev–Trinajstić information content (AvgIpc) is 3.39. The minimum atomic E-state index is -3.03. The standard InChI is InChI=1S/C25H23N2O3PS/c1-30-31(29,23-9-3-2-4-10-23)18-19-12-14-20(15-13-19)25(28)27(26)22-8-5-7-21(17-22)24-11-6-16-32-24/h2-17H,18,26H2,1H3. The zero-order valence-electron chi connectivity index (χ0n) is 17.5. The number of carbonyl (C=O) groups excluding carboxylic acids is 1. The number of nitrogens with two attached hydrogens (primary N) is 1. The monoisotopic (exact) mass is 462 g/mol. The minimum Gasteiger partial charge on any atom is -0.328 e. The minimum absolute atomic E-state index is 0.247. The van der Waals surface area contributed by atoms with Crippen LogP contribution in [0.25, 0.3) is 10.4 Å². The molecule has 7 heteroatoms. The van der Waals surface area contributed by atoms with Crippen LogP contribution < -0.4 is 16.2 Å². The molecule has 0 aliphatic rings. The number of hydrogen-bond donors (Lipinski definition) is 1. The summed E-state index contributed by atoms with van der Waals surface area (Å²) >= 11 is 1.63. The fourth-order valence-electron chi connectivity index (χ4n) is 3.42. The number of rotatable bonds is 7. The maximum atomic E-state index is 13.3. The van der Waals surface area contributed by atoms with Gasteiger partial charge < -0.3 is 4.52 Å². The highest BCUT2D eigenvalue weighted by Gasteiger charge is 2.25. The van der Waals surface area contributed by atoms with Gasteiger partial charge in [0.05, 0.1) is 11.8 Å². The highest BCUT2D eigenvalue weighted by atomic mass is 32.1. The van der Waals surface area contributed by atoms with Crippen LogP contribution in [-0.2, 0) is 15.3 Å². The largest absolute Gasteiger partial charge is 0.328 e.